The maximum absolute atomic E-state index is 4.35. The Morgan fingerprint density at radius 2 is 1.42 bits per heavy atom. The van der Waals surface area contributed by atoms with Gasteiger partial charge in [0.1, 0.15) is 6.29 Å². The Balaban J connectivity index is 1.26. The molecule has 5 N–H and O–H groups in total. The van der Waals surface area contributed by atoms with E-state index in [9.17, 15) is 0 Å². The monoisotopic (exact) mass is 350 g/mol. The van der Waals surface area contributed by atoms with Gasteiger partial charge < -0.3 is 16.0 Å². The van der Waals surface area contributed by atoms with Crippen LogP contribution >= 0.6 is 0 Å². The first-order valence-electron chi connectivity index (χ1n) is 9.32. The molecule has 0 aliphatic carbocycles. The highest BCUT2D eigenvalue weighted by atomic mass is 15.3. The minimum atomic E-state index is 0.179. The Kier molecular flexibility index (Phi) is 5.33. The van der Waals surface area contributed by atoms with Crippen molar-refractivity contribution in [2.24, 2.45) is 4.99 Å². The van der Waals surface area contributed by atoms with Gasteiger partial charge in [-0.05, 0) is 48.2 Å². The van der Waals surface area contributed by atoms with Gasteiger partial charge in [-0.3, -0.25) is 15.6 Å². The largest absolute Gasteiger partial charge is 0.358 e. The van der Waals surface area contributed by atoms with Crippen LogP contribution in [0.25, 0.3) is 0 Å². The molecule has 0 amide bonds. The summed E-state index contributed by atoms with van der Waals surface area (Å²) in [5.74, 6) is 0.870. The van der Waals surface area contributed by atoms with E-state index in [0.29, 0.717) is 0 Å². The standard InChI is InChI=1S/C20H26N6/c1(15-3-7-17(8-4-15)25-19-21-11-12-22-19)2-16-5-9-18(10-6-16)26-20-23-13-14-24-20/h3-10,19,21-22,25H,1-2,11-14H2,(H2,23,24,26). The molecule has 2 aliphatic rings. The fourth-order valence-electron chi connectivity index (χ4n) is 3.20. The second-order valence-corrected chi connectivity index (χ2v) is 6.66. The lowest BCUT2D eigenvalue weighted by Gasteiger charge is -2.14. The van der Waals surface area contributed by atoms with Crippen LogP contribution < -0.4 is 26.6 Å². The maximum Gasteiger partial charge on any atom is 0.195 e. The van der Waals surface area contributed by atoms with Crippen LogP contribution in [0, 0.1) is 0 Å². The number of guanidine groups is 1. The summed E-state index contributed by atoms with van der Waals surface area (Å²) < 4.78 is 0. The van der Waals surface area contributed by atoms with Gasteiger partial charge in [0, 0.05) is 31.0 Å². The smallest absolute Gasteiger partial charge is 0.195 e. The zero-order valence-electron chi connectivity index (χ0n) is 14.9. The summed E-state index contributed by atoms with van der Waals surface area (Å²) in [6.45, 7) is 3.79. The molecule has 4 rings (SSSR count). The first kappa shape index (κ1) is 16.9. The van der Waals surface area contributed by atoms with Crippen LogP contribution in [0.3, 0.4) is 0 Å². The van der Waals surface area contributed by atoms with E-state index in [1.165, 1.54) is 11.1 Å². The summed E-state index contributed by atoms with van der Waals surface area (Å²) in [5, 5.41) is 16.7. The number of nitrogens with one attached hydrogen (secondary N) is 5. The van der Waals surface area contributed by atoms with Crippen molar-refractivity contribution in [1.29, 1.82) is 0 Å². The van der Waals surface area contributed by atoms with E-state index in [2.05, 4.69) is 80.1 Å². The number of hydrogen-bond acceptors (Lipinski definition) is 6. The van der Waals surface area contributed by atoms with Gasteiger partial charge in [-0.2, -0.15) is 0 Å². The molecule has 6 nitrogen and oxygen atoms in total. The summed E-state index contributed by atoms with van der Waals surface area (Å²) in [5.41, 5.74) is 4.92. The van der Waals surface area contributed by atoms with Gasteiger partial charge in [0.2, 0.25) is 0 Å². The van der Waals surface area contributed by atoms with E-state index < -0.39 is 0 Å². The van der Waals surface area contributed by atoms with E-state index >= 15 is 0 Å². The van der Waals surface area contributed by atoms with Gasteiger partial charge in [-0.1, -0.05) is 24.3 Å². The molecule has 1 fully saturated rings. The predicted octanol–water partition coefficient (Wildman–Crippen LogP) is 1.73. The molecule has 0 spiro atoms. The quantitative estimate of drug-likeness (QED) is 0.549. The predicted molar refractivity (Wildman–Crippen MR) is 108 cm³/mol. The summed E-state index contributed by atoms with van der Waals surface area (Å²) in [4.78, 5) is 4.35. The number of aryl methyl sites for hydroxylation is 2. The van der Waals surface area contributed by atoms with E-state index in [0.717, 1.165) is 56.4 Å². The summed E-state index contributed by atoms with van der Waals surface area (Å²) >= 11 is 0. The Labute approximate surface area is 154 Å². The second kappa shape index (κ2) is 8.21. The molecule has 26 heavy (non-hydrogen) atoms. The third kappa shape index (κ3) is 4.53. The molecule has 0 atom stereocenters. The van der Waals surface area contributed by atoms with Gasteiger partial charge in [0.25, 0.3) is 0 Å². The third-order valence-electron chi connectivity index (χ3n) is 4.68. The number of benzene rings is 2. The average molecular weight is 350 g/mol. The molecular formula is C20H26N6. The molecule has 2 aliphatic heterocycles. The van der Waals surface area contributed by atoms with Crippen molar-refractivity contribution in [1.82, 2.24) is 16.0 Å². The molecule has 0 bridgehead atoms. The highest BCUT2D eigenvalue weighted by molar-refractivity contribution is 5.94. The van der Waals surface area contributed by atoms with Crippen LogP contribution in [0.4, 0.5) is 11.4 Å². The number of hydrogen-bond donors (Lipinski definition) is 5. The highest BCUT2D eigenvalue weighted by Crippen LogP contribution is 2.15. The number of nitrogens with zero attached hydrogens (tertiary/aromatic N) is 1. The van der Waals surface area contributed by atoms with Crippen molar-refractivity contribution in [3.63, 3.8) is 0 Å². The van der Waals surface area contributed by atoms with E-state index in [1.54, 1.807) is 0 Å². The Bertz CT molecular complexity index is 732. The summed E-state index contributed by atoms with van der Waals surface area (Å²) in [6.07, 6.45) is 2.26. The van der Waals surface area contributed by atoms with Crippen molar-refractivity contribution in [2.75, 3.05) is 36.8 Å². The SMILES string of the molecule is c1cc(NC2=NCCN2)ccc1CCc1ccc(NC2NCCN2)cc1. The number of aliphatic imine (C=N–C) groups is 1. The van der Waals surface area contributed by atoms with Gasteiger partial charge >= 0.3 is 0 Å². The van der Waals surface area contributed by atoms with Gasteiger partial charge in [-0.15, -0.1) is 0 Å². The highest BCUT2D eigenvalue weighted by Gasteiger charge is 2.11. The number of anilines is 2. The van der Waals surface area contributed by atoms with Crippen LogP contribution in [0.5, 0.6) is 0 Å². The molecular weight excluding hydrogens is 324 g/mol. The molecule has 2 heterocycles. The van der Waals surface area contributed by atoms with Crippen molar-refractivity contribution < 1.29 is 0 Å². The molecule has 2 aromatic rings. The minimum absolute atomic E-state index is 0.179. The van der Waals surface area contributed by atoms with Gasteiger partial charge in [-0.25, -0.2) is 0 Å². The average Bonchev–Trinajstić information content (AvgIpc) is 3.37. The van der Waals surface area contributed by atoms with Gasteiger partial charge in [0.15, 0.2) is 5.96 Å². The van der Waals surface area contributed by atoms with E-state index in [4.69, 9.17) is 0 Å². The van der Waals surface area contributed by atoms with Crippen LogP contribution in [-0.4, -0.2) is 38.4 Å². The van der Waals surface area contributed by atoms with E-state index in [-0.39, 0.29) is 6.29 Å². The topological polar surface area (TPSA) is 72.5 Å². The van der Waals surface area contributed by atoms with Gasteiger partial charge in [0.05, 0.1) is 6.54 Å². The van der Waals surface area contributed by atoms with Crippen LogP contribution in [-0.2, 0) is 12.8 Å². The Morgan fingerprint density at radius 3 is 2.00 bits per heavy atom. The van der Waals surface area contributed by atoms with Crippen molar-refractivity contribution in [3.8, 4) is 0 Å². The zero-order valence-corrected chi connectivity index (χ0v) is 14.9. The van der Waals surface area contributed by atoms with Crippen molar-refractivity contribution >= 4 is 17.3 Å². The van der Waals surface area contributed by atoms with Crippen LogP contribution in [0.2, 0.25) is 0 Å². The van der Waals surface area contributed by atoms with Crippen molar-refractivity contribution in [3.05, 3.63) is 59.7 Å². The first-order valence-corrected chi connectivity index (χ1v) is 9.32. The van der Waals surface area contributed by atoms with Crippen LogP contribution in [0.1, 0.15) is 11.1 Å². The molecule has 0 saturated carbocycles. The van der Waals surface area contributed by atoms with E-state index in [1.807, 2.05) is 0 Å². The molecule has 6 heteroatoms. The summed E-state index contributed by atoms with van der Waals surface area (Å²) in [7, 11) is 0. The molecule has 2 aromatic carbocycles. The lowest BCUT2D eigenvalue weighted by atomic mass is 10.0. The lowest BCUT2D eigenvalue weighted by molar-refractivity contribution is 0.620. The Hall–Kier alpha value is -2.57. The maximum atomic E-state index is 4.35. The molecule has 0 aromatic heterocycles. The molecule has 1 saturated heterocycles. The van der Waals surface area contributed by atoms with Crippen LogP contribution in [0.15, 0.2) is 53.5 Å². The summed E-state index contributed by atoms with van der Waals surface area (Å²) in [6, 6.07) is 17.3. The zero-order chi connectivity index (χ0) is 17.6. The normalized spacial score (nSPS) is 17.0. The fourth-order valence-corrected chi connectivity index (χ4v) is 3.20. The molecule has 136 valence electrons. The second-order valence-electron chi connectivity index (χ2n) is 6.66. The molecule has 0 radical (unpaired) electrons. The third-order valence-corrected chi connectivity index (χ3v) is 4.68. The Morgan fingerprint density at radius 1 is 0.808 bits per heavy atom. The fraction of sp³-hybridized carbons (Fsp3) is 0.350. The first-order chi connectivity index (χ1) is 12.8. The van der Waals surface area contributed by atoms with Crippen molar-refractivity contribution in [2.45, 2.75) is 19.1 Å². The lowest BCUT2D eigenvalue weighted by Crippen LogP contribution is -2.38. The molecule has 0 unspecified atom stereocenters. The number of rotatable bonds is 6. The minimum Gasteiger partial charge on any atom is -0.358 e.